The van der Waals surface area contributed by atoms with Gasteiger partial charge in [0, 0.05) is 11.1 Å². The SMILES string of the molecule is CC1(C)c2ccccc2C2(c3ccccc3N(c3ccc4c(c3)[Si]3(c5ccccc5-c5ccccc53)c3ccccc3-4)c3cc4c(cc32)-c2ccccc2C42c3ccccc3-c3ccccc32)c2ccccc21. The van der Waals surface area contributed by atoms with Crippen LogP contribution in [0.25, 0.3) is 44.5 Å². The number of fused-ring (bicyclic) bond motifs is 28. The van der Waals surface area contributed by atoms with Crippen molar-refractivity contribution in [2.45, 2.75) is 30.1 Å². The van der Waals surface area contributed by atoms with E-state index >= 15 is 0 Å². The maximum absolute atomic E-state index is 2.77. The highest BCUT2D eigenvalue weighted by Gasteiger charge is 2.58. The molecule has 0 saturated carbocycles. The molecule has 2 heteroatoms. The normalized spacial score (nSPS) is 16.5. The summed E-state index contributed by atoms with van der Waals surface area (Å²) in [7, 11) is -2.77. The molecule has 6 aliphatic rings. The van der Waals surface area contributed by atoms with Crippen molar-refractivity contribution >= 4 is 45.9 Å². The lowest BCUT2D eigenvalue weighted by Crippen LogP contribution is -2.70. The molecule has 0 fully saturated rings. The van der Waals surface area contributed by atoms with Crippen LogP contribution in [-0.4, -0.2) is 8.07 Å². The zero-order valence-electron chi connectivity index (χ0n) is 40.6. The number of nitrogens with zero attached hydrogens (tertiary/aromatic N) is 1. The van der Waals surface area contributed by atoms with Gasteiger partial charge in [0.05, 0.1) is 22.2 Å². The van der Waals surface area contributed by atoms with E-state index in [0.717, 1.165) is 0 Å². The lowest BCUT2D eigenvalue weighted by atomic mass is 9.53. The number of para-hydroxylation sites is 1. The van der Waals surface area contributed by atoms with Crippen molar-refractivity contribution in [2.75, 3.05) is 4.90 Å². The van der Waals surface area contributed by atoms with Crippen LogP contribution in [0, 0.1) is 0 Å². The third-order valence-electron chi connectivity index (χ3n) is 18.6. The van der Waals surface area contributed by atoms with Crippen LogP contribution >= 0.6 is 0 Å². The highest BCUT2D eigenvalue weighted by Crippen LogP contribution is 2.68. The Labute approximate surface area is 427 Å². The van der Waals surface area contributed by atoms with Gasteiger partial charge in [0.1, 0.15) is 0 Å². The minimum Gasteiger partial charge on any atom is -0.310 e. The van der Waals surface area contributed by atoms with Crippen LogP contribution < -0.4 is 25.6 Å². The molecule has 73 heavy (non-hydrogen) atoms. The van der Waals surface area contributed by atoms with Gasteiger partial charge >= 0.3 is 0 Å². The molecule has 0 amide bonds. The minimum absolute atomic E-state index is 0.225. The van der Waals surface area contributed by atoms with Gasteiger partial charge < -0.3 is 4.90 Å². The van der Waals surface area contributed by atoms with E-state index < -0.39 is 18.9 Å². The second kappa shape index (κ2) is 13.7. The predicted molar refractivity (Wildman–Crippen MR) is 303 cm³/mol. The van der Waals surface area contributed by atoms with Gasteiger partial charge in [0.2, 0.25) is 0 Å². The maximum atomic E-state index is 2.68. The number of hydrogen-bond acceptors (Lipinski definition) is 1. The first-order chi connectivity index (χ1) is 36.0. The number of anilines is 3. The van der Waals surface area contributed by atoms with Crippen LogP contribution in [0.15, 0.2) is 249 Å². The van der Waals surface area contributed by atoms with Crippen molar-refractivity contribution in [1.82, 2.24) is 0 Å². The standard InChI is InChI=1S/C71H47NSi/c1-69(2)56-30-12-14-32-58(56)71(59-33-15-13-31-57(59)69)60-34-16-17-35-63(60)72(44-39-40-51-50-26-8-20-38-67(50)73(68(51)41-44)65-36-18-6-24-48(65)49-25-7-19-37-66(49)73)64-43-61-52(42-62(64)71)47-23-5-11-29-55(47)70(61)53-27-9-3-21-45(53)46-22-4-10-28-54(46)70/h3-43H,1-2H3. The number of benzene rings is 11. The van der Waals surface area contributed by atoms with Crippen molar-refractivity contribution in [3.8, 4) is 44.5 Å². The molecule has 3 spiro atoms. The van der Waals surface area contributed by atoms with Crippen LogP contribution in [0.4, 0.5) is 17.1 Å². The van der Waals surface area contributed by atoms with E-state index in [-0.39, 0.29) is 5.41 Å². The van der Waals surface area contributed by atoms with E-state index in [2.05, 4.69) is 267 Å². The zero-order chi connectivity index (χ0) is 48.0. The van der Waals surface area contributed by atoms with Crippen molar-refractivity contribution in [2.24, 2.45) is 0 Å². The molecule has 0 bridgehead atoms. The Morgan fingerprint density at radius 2 is 0.644 bits per heavy atom. The van der Waals surface area contributed by atoms with Crippen LogP contribution in [-0.2, 0) is 16.2 Å². The third kappa shape index (κ3) is 4.47. The average molecular weight is 942 g/mol. The van der Waals surface area contributed by atoms with Crippen molar-refractivity contribution in [1.29, 1.82) is 0 Å². The van der Waals surface area contributed by atoms with E-state index in [4.69, 9.17) is 0 Å². The Morgan fingerprint density at radius 3 is 1.16 bits per heavy atom. The van der Waals surface area contributed by atoms with Gasteiger partial charge in [-0.1, -0.05) is 232 Å². The van der Waals surface area contributed by atoms with Crippen molar-refractivity contribution < 1.29 is 0 Å². The molecule has 3 aliphatic heterocycles. The van der Waals surface area contributed by atoms with Gasteiger partial charge in [-0.15, -0.1) is 0 Å². The molecule has 11 aromatic rings. The smallest absolute Gasteiger partial charge is 0.182 e. The van der Waals surface area contributed by atoms with Crippen LogP contribution in [0.2, 0.25) is 0 Å². The van der Waals surface area contributed by atoms with Crippen molar-refractivity contribution in [3.63, 3.8) is 0 Å². The molecule has 0 radical (unpaired) electrons. The summed E-state index contributed by atoms with van der Waals surface area (Å²) in [5.74, 6) is 0. The Morgan fingerprint density at radius 1 is 0.260 bits per heavy atom. The second-order valence-electron chi connectivity index (χ2n) is 21.7. The first-order valence-electron chi connectivity index (χ1n) is 26.0. The van der Waals surface area contributed by atoms with Gasteiger partial charge in [-0.2, -0.15) is 0 Å². The Balaban J connectivity index is 1.03. The summed E-state index contributed by atoms with van der Waals surface area (Å²) in [6.07, 6.45) is 0. The van der Waals surface area contributed by atoms with E-state index in [0.29, 0.717) is 0 Å². The van der Waals surface area contributed by atoms with E-state index in [1.807, 2.05) is 0 Å². The Bertz CT molecular complexity index is 4130. The number of rotatable bonds is 1. The Hall–Kier alpha value is -8.56. The van der Waals surface area contributed by atoms with Crippen LogP contribution in [0.1, 0.15) is 69.5 Å². The van der Waals surface area contributed by atoms with Crippen molar-refractivity contribution in [3.05, 3.63) is 304 Å². The molecule has 0 unspecified atom stereocenters. The molecule has 340 valence electrons. The fraction of sp³-hybridized carbons (Fsp3) is 0.0704. The minimum atomic E-state index is -2.77. The topological polar surface area (TPSA) is 3.24 Å². The molecule has 0 atom stereocenters. The highest BCUT2D eigenvalue weighted by atomic mass is 28.3. The predicted octanol–water partition coefficient (Wildman–Crippen LogP) is 14.2. The van der Waals surface area contributed by atoms with E-state index in [9.17, 15) is 0 Å². The van der Waals surface area contributed by atoms with E-state index in [1.54, 1.807) is 0 Å². The molecule has 0 N–H and O–H groups in total. The fourth-order valence-electron chi connectivity index (χ4n) is 16.0. The van der Waals surface area contributed by atoms with Crippen LogP contribution in [0.3, 0.4) is 0 Å². The van der Waals surface area contributed by atoms with Gasteiger partial charge in [-0.25, -0.2) is 0 Å². The summed E-state index contributed by atoms with van der Waals surface area (Å²) in [4.78, 5) is 2.68. The monoisotopic (exact) mass is 941 g/mol. The number of hydrogen-bond donors (Lipinski definition) is 0. The average Bonchev–Trinajstić information content (AvgIpc) is 4.13. The summed E-state index contributed by atoms with van der Waals surface area (Å²) < 4.78 is 0. The second-order valence-corrected chi connectivity index (χ2v) is 25.4. The third-order valence-corrected chi connectivity index (χ3v) is 23.5. The first kappa shape index (κ1) is 40.1. The summed E-state index contributed by atoms with van der Waals surface area (Å²) >= 11 is 0. The van der Waals surface area contributed by atoms with Gasteiger partial charge in [0.25, 0.3) is 0 Å². The first-order valence-corrected chi connectivity index (χ1v) is 28.0. The maximum Gasteiger partial charge on any atom is 0.182 e. The fourth-order valence-corrected chi connectivity index (χ4v) is 21.6. The summed E-state index contributed by atoms with van der Waals surface area (Å²) in [6, 6.07) is 96.8. The molecule has 3 heterocycles. The zero-order valence-corrected chi connectivity index (χ0v) is 41.6. The molecular weight excluding hydrogens is 895 g/mol. The summed E-state index contributed by atoms with van der Waals surface area (Å²) in [5.41, 5.74) is 26.5. The molecule has 17 rings (SSSR count). The highest BCUT2D eigenvalue weighted by molar-refractivity contribution is 7.24. The molecule has 3 aliphatic carbocycles. The molecule has 11 aromatic carbocycles. The van der Waals surface area contributed by atoms with Gasteiger partial charge in [-0.3, -0.25) is 0 Å². The molecule has 1 nitrogen and oxygen atoms in total. The summed E-state index contributed by atoms with van der Waals surface area (Å²) in [5, 5.41) is 5.95. The quantitative estimate of drug-likeness (QED) is 0.148. The molecule has 0 aromatic heterocycles. The summed E-state index contributed by atoms with van der Waals surface area (Å²) in [6.45, 7) is 4.86. The molecule has 0 saturated heterocycles. The lowest BCUT2D eigenvalue weighted by Gasteiger charge is -2.52. The molecular formula is C71H47NSi. The Kier molecular flexibility index (Phi) is 7.51. The van der Waals surface area contributed by atoms with Gasteiger partial charge in [0.15, 0.2) is 8.07 Å². The van der Waals surface area contributed by atoms with Crippen LogP contribution in [0.5, 0.6) is 0 Å². The van der Waals surface area contributed by atoms with Gasteiger partial charge in [-0.05, 0) is 151 Å². The van der Waals surface area contributed by atoms with E-state index in [1.165, 1.54) is 138 Å². The largest absolute Gasteiger partial charge is 0.310 e. The lowest BCUT2D eigenvalue weighted by molar-refractivity contribution is 0.556.